The predicted octanol–water partition coefficient (Wildman–Crippen LogP) is 3.72. The fourth-order valence-corrected chi connectivity index (χ4v) is 3.44. The Bertz CT molecular complexity index is 435. The maximum absolute atomic E-state index is 6.31. The molecule has 0 radical (unpaired) electrons. The van der Waals surface area contributed by atoms with Crippen LogP contribution in [0.3, 0.4) is 0 Å². The van der Waals surface area contributed by atoms with E-state index in [0.29, 0.717) is 12.6 Å². The van der Waals surface area contributed by atoms with Crippen LogP contribution in [-0.4, -0.2) is 28.1 Å². The summed E-state index contributed by atoms with van der Waals surface area (Å²) in [5.74, 6) is 0.854. The normalized spacial score (nSPS) is 25.4. The van der Waals surface area contributed by atoms with E-state index in [9.17, 15) is 0 Å². The van der Waals surface area contributed by atoms with Gasteiger partial charge in [-0.25, -0.2) is 0 Å². The minimum atomic E-state index is 0.189. The summed E-state index contributed by atoms with van der Waals surface area (Å²) in [6, 6.07) is 0.376. The number of hydrogen-bond donors (Lipinski definition) is 0. The second-order valence-electron chi connectivity index (χ2n) is 6.58. The molecule has 1 aromatic heterocycles. The van der Waals surface area contributed by atoms with Gasteiger partial charge in [-0.1, -0.05) is 19.3 Å². The molecule has 1 aromatic rings. The molecule has 1 saturated carbocycles. The summed E-state index contributed by atoms with van der Waals surface area (Å²) in [6.45, 7) is 4.89. The molecule has 0 N–H and O–H groups in total. The fourth-order valence-electron chi connectivity index (χ4n) is 3.44. The minimum Gasteiger partial charge on any atom is -0.488 e. The van der Waals surface area contributed by atoms with E-state index in [1.165, 1.54) is 38.5 Å². The van der Waals surface area contributed by atoms with Crippen LogP contribution >= 0.6 is 0 Å². The Morgan fingerprint density at radius 1 is 1.35 bits per heavy atom. The molecule has 1 aliphatic heterocycles. The smallest absolute Gasteiger partial charge is 0.157 e. The molecule has 4 heteroatoms. The van der Waals surface area contributed by atoms with Crippen LogP contribution in [0.15, 0.2) is 12.4 Å². The summed E-state index contributed by atoms with van der Waals surface area (Å²) in [5.41, 5.74) is 0.189. The van der Waals surface area contributed by atoms with Gasteiger partial charge in [-0.15, -0.1) is 0 Å². The van der Waals surface area contributed by atoms with Gasteiger partial charge in [-0.2, -0.15) is 5.10 Å². The summed E-state index contributed by atoms with van der Waals surface area (Å²) in [4.78, 5) is 0. The number of hydrogen-bond acceptors (Lipinski definition) is 3. The summed E-state index contributed by atoms with van der Waals surface area (Å²) < 4.78 is 14.1. The highest BCUT2D eigenvalue weighted by Gasteiger charge is 2.40. The maximum atomic E-state index is 6.31. The third-order valence-corrected chi connectivity index (χ3v) is 4.65. The Hall–Kier alpha value is -1.03. The van der Waals surface area contributed by atoms with Crippen molar-refractivity contribution in [2.75, 3.05) is 6.61 Å². The fraction of sp³-hybridized carbons (Fsp3) is 0.812. The van der Waals surface area contributed by atoms with E-state index in [0.717, 1.165) is 12.2 Å². The van der Waals surface area contributed by atoms with Crippen LogP contribution in [0.4, 0.5) is 0 Å². The Kier molecular flexibility index (Phi) is 4.01. The third-order valence-electron chi connectivity index (χ3n) is 4.65. The highest BCUT2D eigenvalue weighted by atomic mass is 16.6. The highest BCUT2D eigenvalue weighted by molar-refractivity contribution is 5.12. The average molecular weight is 278 g/mol. The summed E-state index contributed by atoms with van der Waals surface area (Å²) in [6.07, 6.45) is 12.9. The molecule has 3 rings (SSSR count). The van der Waals surface area contributed by atoms with Gasteiger partial charge in [0.15, 0.2) is 5.75 Å². The zero-order chi connectivity index (χ0) is 14.0. The van der Waals surface area contributed by atoms with Gasteiger partial charge >= 0.3 is 0 Å². The Morgan fingerprint density at radius 3 is 2.85 bits per heavy atom. The van der Waals surface area contributed by atoms with Crippen LogP contribution in [0.2, 0.25) is 0 Å². The molecule has 2 aliphatic rings. The highest BCUT2D eigenvalue weighted by Crippen LogP contribution is 2.41. The zero-order valence-corrected chi connectivity index (χ0v) is 12.7. The van der Waals surface area contributed by atoms with E-state index in [1.54, 1.807) is 6.20 Å². The molecule has 1 spiro atoms. The lowest BCUT2D eigenvalue weighted by Crippen LogP contribution is -2.32. The second-order valence-corrected chi connectivity index (χ2v) is 6.58. The summed E-state index contributed by atoms with van der Waals surface area (Å²) >= 11 is 0. The molecular formula is C16H26N2O2. The van der Waals surface area contributed by atoms with E-state index < -0.39 is 0 Å². The van der Waals surface area contributed by atoms with E-state index in [-0.39, 0.29) is 11.7 Å². The molecular weight excluding hydrogens is 252 g/mol. The zero-order valence-electron chi connectivity index (χ0n) is 12.7. The van der Waals surface area contributed by atoms with Crippen LogP contribution in [0.1, 0.15) is 64.8 Å². The first kappa shape index (κ1) is 13.9. The first-order valence-electron chi connectivity index (χ1n) is 8.02. The third kappa shape index (κ3) is 3.00. The van der Waals surface area contributed by atoms with E-state index in [1.807, 2.05) is 10.9 Å². The average Bonchev–Trinajstić information content (AvgIpc) is 3.05. The van der Waals surface area contributed by atoms with Gasteiger partial charge in [-0.05, 0) is 39.5 Å². The van der Waals surface area contributed by atoms with Crippen molar-refractivity contribution in [3.63, 3.8) is 0 Å². The second kappa shape index (κ2) is 5.76. The molecule has 0 bridgehead atoms. The van der Waals surface area contributed by atoms with E-state index in [2.05, 4.69) is 18.9 Å². The lowest BCUT2D eigenvalue weighted by atomic mass is 9.83. The van der Waals surface area contributed by atoms with Crippen molar-refractivity contribution >= 4 is 0 Å². The standard InChI is InChI=1S/C16H26N2O2/c1-13(2)18-11-15(10-17-18)19-12-14-6-9-16(20-14)7-4-3-5-8-16/h10-11,13-14H,3-9,12H2,1-2H3. The molecule has 0 amide bonds. The largest absolute Gasteiger partial charge is 0.488 e. The molecule has 0 aromatic carbocycles. The van der Waals surface area contributed by atoms with Gasteiger partial charge in [0.1, 0.15) is 6.61 Å². The van der Waals surface area contributed by atoms with Crippen molar-refractivity contribution in [2.24, 2.45) is 0 Å². The van der Waals surface area contributed by atoms with Crippen LogP contribution in [0, 0.1) is 0 Å². The Labute approximate surface area is 121 Å². The van der Waals surface area contributed by atoms with Crippen molar-refractivity contribution in [3.05, 3.63) is 12.4 Å². The lowest BCUT2D eigenvalue weighted by molar-refractivity contribution is -0.0748. The molecule has 2 heterocycles. The quantitative estimate of drug-likeness (QED) is 0.842. The van der Waals surface area contributed by atoms with Gasteiger partial charge in [0.2, 0.25) is 0 Å². The molecule has 112 valence electrons. The van der Waals surface area contributed by atoms with Crippen LogP contribution in [0.5, 0.6) is 5.75 Å². The van der Waals surface area contributed by atoms with Crippen molar-refractivity contribution < 1.29 is 9.47 Å². The van der Waals surface area contributed by atoms with E-state index in [4.69, 9.17) is 9.47 Å². The minimum absolute atomic E-state index is 0.189. The number of ether oxygens (including phenoxy) is 2. The molecule has 2 fully saturated rings. The Balaban J connectivity index is 1.49. The first-order valence-corrected chi connectivity index (χ1v) is 8.02. The lowest BCUT2D eigenvalue weighted by Gasteiger charge is -2.33. The van der Waals surface area contributed by atoms with Crippen molar-refractivity contribution in [3.8, 4) is 5.75 Å². The van der Waals surface area contributed by atoms with Crippen molar-refractivity contribution in [1.82, 2.24) is 9.78 Å². The van der Waals surface area contributed by atoms with Crippen LogP contribution < -0.4 is 4.74 Å². The molecule has 1 saturated heterocycles. The molecule has 1 aliphatic carbocycles. The molecule has 1 atom stereocenters. The Morgan fingerprint density at radius 2 is 2.15 bits per heavy atom. The number of rotatable bonds is 4. The summed E-state index contributed by atoms with van der Waals surface area (Å²) in [7, 11) is 0. The van der Waals surface area contributed by atoms with Crippen LogP contribution in [0.25, 0.3) is 0 Å². The monoisotopic (exact) mass is 278 g/mol. The van der Waals surface area contributed by atoms with Gasteiger partial charge < -0.3 is 9.47 Å². The van der Waals surface area contributed by atoms with Gasteiger partial charge in [0, 0.05) is 6.04 Å². The topological polar surface area (TPSA) is 36.3 Å². The summed E-state index contributed by atoms with van der Waals surface area (Å²) in [5, 5.41) is 4.30. The SMILES string of the molecule is CC(C)n1cc(OCC2CCC3(CCCCC3)O2)cn1. The molecule has 1 unspecified atom stereocenters. The van der Waals surface area contributed by atoms with Crippen LogP contribution in [-0.2, 0) is 4.74 Å². The molecule has 4 nitrogen and oxygen atoms in total. The number of aromatic nitrogens is 2. The van der Waals surface area contributed by atoms with E-state index >= 15 is 0 Å². The van der Waals surface area contributed by atoms with Gasteiger partial charge in [0.25, 0.3) is 0 Å². The maximum Gasteiger partial charge on any atom is 0.157 e. The van der Waals surface area contributed by atoms with Crippen molar-refractivity contribution in [2.45, 2.75) is 76.5 Å². The van der Waals surface area contributed by atoms with Gasteiger partial charge in [0.05, 0.1) is 24.1 Å². The first-order chi connectivity index (χ1) is 9.67. The van der Waals surface area contributed by atoms with Gasteiger partial charge in [-0.3, -0.25) is 4.68 Å². The predicted molar refractivity (Wildman–Crippen MR) is 78.0 cm³/mol. The molecule has 20 heavy (non-hydrogen) atoms. The van der Waals surface area contributed by atoms with Crippen molar-refractivity contribution in [1.29, 1.82) is 0 Å². The number of nitrogens with zero attached hydrogens (tertiary/aromatic N) is 2.